The zero-order chi connectivity index (χ0) is 26.0. The van der Waals surface area contributed by atoms with Gasteiger partial charge in [-0.15, -0.1) is 0 Å². The van der Waals surface area contributed by atoms with Crippen molar-refractivity contribution in [1.29, 1.82) is 0 Å². The molecule has 2 bridgehead atoms. The molecule has 0 saturated carbocycles. The number of fused-ring (bicyclic) bond motifs is 4. The zero-order valence-corrected chi connectivity index (χ0v) is 25.6. The van der Waals surface area contributed by atoms with E-state index in [-0.39, 0.29) is 28.2 Å². The van der Waals surface area contributed by atoms with Gasteiger partial charge in [-0.05, 0) is 60.4 Å². The van der Waals surface area contributed by atoms with Crippen molar-refractivity contribution in [3.05, 3.63) is 29.3 Å². The Balaban J connectivity index is 2.20. The van der Waals surface area contributed by atoms with E-state index in [1.54, 1.807) is 5.19 Å². The van der Waals surface area contributed by atoms with E-state index in [1.165, 1.54) is 11.1 Å². The van der Waals surface area contributed by atoms with Crippen LogP contribution in [-0.4, -0.2) is 37.3 Å². The average molecular weight is 504 g/mol. The summed E-state index contributed by atoms with van der Waals surface area (Å²) in [6.45, 7) is 28.1. The molecule has 1 fully saturated rings. The van der Waals surface area contributed by atoms with Gasteiger partial charge in [-0.2, -0.15) is 12.6 Å². The Morgan fingerprint density at radius 1 is 1.06 bits per heavy atom. The Kier molecular flexibility index (Phi) is 7.21. The quantitative estimate of drug-likeness (QED) is 0.335. The molecule has 192 valence electrons. The third kappa shape index (κ3) is 3.97. The van der Waals surface area contributed by atoms with Crippen molar-refractivity contribution in [2.45, 2.75) is 128 Å². The standard InChI is InChI=1S/C29H49NO2SSi/c1-18(2)34(19(3)4,20(5)6)21-13-14-23-22(17-21)24(33)25-28(10,11)29(23,12)15-16-30(25)26(31)32-27(7,8)9/h13-14,17-20,24-25,33H,15-16H2,1-12H3/t24?,25-,29-/m0/s1. The molecule has 1 aliphatic heterocycles. The summed E-state index contributed by atoms with van der Waals surface area (Å²) in [4.78, 5) is 15.3. The highest BCUT2D eigenvalue weighted by molar-refractivity contribution is 7.80. The van der Waals surface area contributed by atoms with Crippen LogP contribution in [0.2, 0.25) is 16.6 Å². The molecule has 1 aromatic carbocycles. The molecule has 1 heterocycles. The molecule has 0 N–H and O–H groups in total. The lowest BCUT2D eigenvalue weighted by Gasteiger charge is -2.62. The van der Waals surface area contributed by atoms with Gasteiger partial charge in [0.15, 0.2) is 0 Å². The number of benzene rings is 1. The maximum Gasteiger partial charge on any atom is 0.410 e. The van der Waals surface area contributed by atoms with Gasteiger partial charge in [0.25, 0.3) is 0 Å². The highest BCUT2D eigenvalue weighted by Gasteiger charge is 2.60. The molecule has 1 unspecified atom stereocenters. The summed E-state index contributed by atoms with van der Waals surface area (Å²) in [7, 11) is -1.80. The van der Waals surface area contributed by atoms with Crippen LogP contribution in [0.15, 0.2) is 18.2 Å². The molecule has 5 heteroatoms. The van der Waals surface area contributed by atoms with Gasteiger partial charge in [0.2, 0.25) is 0 Å². The van der Waals surface area contributed by atoms with Crippen molar-refractivity contribution < 1.29 is 9.53 Å². The molecule has 3 atom stereocenters. The number of carbonyl (C=O) groups excluding carboxylic acids is 1. The molecule has 1 aromatic rings. The minimum atomic E-state index is -1.80. The first-order valence-corrected chi connectivity index (χ1v) is 16.0. The van der Waals surface area contributed by atoms with Crippen molar-refractivity contribution in [1.82, 2.24) is 4.90 Å². The lowest BCUT2D eigenvalue weighted by Crippen LogP contribution is -2.66. The number of piperidine rings is 1. The fourth-order valence-corrected chi connectivity index (χ4v) is 15.4. The molecule has 2 aliphatic rings. The van der Waals surface area contributed by atoms with Crippen LogP contribution < -0.4 is 5.19 Å². The van der Waals surface area contributed by atoms with E-state index in [2.05, 4.69) is 80.5 Å². The zero-order valence-electron chi connectivity index (χ0n) is 23.7. The number of amides is 1. The van der Waals surface area contributed by atoms with Gasteiger partial charge in [0.1, 0.15) is 5.60 Å². The first-order valence-electron chi connectivity index (χ1n) is 13.3. The van der Waals surface area contributed by atoms with Gasteiger partial charge in [0, 0.05) is 17.2 Å². The summed E-state index contributed by atoms with van der Waals surface area (Å²) in [5, 5.41) is 1.51. The summed E-state index contributed by atoms with van der Waals surface area (Å²) in [5.41, 5.74) is 4.07. The number of nitrogens with zero attached hydrogens (tertiary/aromatic N) is 1. The van der Waals surface area contributed by atoms with Gasteiger partial charge in [-0.3, -0.25) is 0 Å². The molecule has 3 rings (SSSR count). The van der Waals surface area contributed by atoms with Gasteiger partial charge in [0.05, 0.1) is 14.1 Å². The van der Waals surface area contributed by atoms with Crippen LogP contribution in [0, 0.1) is 5.41 Å². The smallest absolute Gasteiger partial charge is 0.410 e. The summed E-state index contributed by atoms with van der Waals surface area (Å²) in [5.74, 6) is 0. The average Bonchev–Trinajstić information content (AvgIpc) is 2.66. The molecule has 1 amide bonds. The van der Waals surface area contributed by atoms with Crippen LogP contribution >= 0.6 is 12.6 Å². The van der Waals surface area contributed by atoms with Crippen molar-refractivity contribution >= 4 is 32.0 Å². The number of rotatable bonds is 4. The van der Waals surface area contributed by atoms with Crippen LogP contribution in [0.3, 0.4) is 0 Å². The van der Waals surface area contributed by atoms with Crippen LogP contribution in [0.4, 0.5) is 4.79 Å². The summed E-state index contributed by atoms with van der Waals surface area (Å²) in [6.07, 6.45) is 0.727. The van der Waals surface area contributed by atoms with Crippen molar-refractivity contribution in [3.8, 4) is 0 Å². The van der Waals surface area contributed by atoms with E-state index in [4.69, 9.17) is 17.4 Å². The molecule has 3 nitrogen and oxygen atoms in total. The number of thiol groups is 1. The van der Waals surface area contributed by atoms with E-state index >= 15 is 0 Å². The predicted octanol–water partition coefficient (Wildman–Crippen LogP) is 7.85. The Labute approximate surface area is 215 Å². The van der Waals surface area contributed by atoms with Gasteiger partial charge < -0.3 is 9.64 Å². The summed E-state index contributed by atoms with van der Waals surface area (Å²) >= 11 is 5.27. The van der Waals surface area contributed by atoms with Crippen LogP contribution in [0.5, 0.6) is 0 Å². The Morgan fingerprint density at radius 2 is 1.59 bits per heavy atom. The van der Waals surface area contributed by atoms with E-state index in [0.29, 0.717) is 23.2 Å². The van der Waals surface area contributed by atoms with Gasteiger partial charge in [-0.1, -0.05) is 85.7 Å². The molecule has 0 aromatic heterocycles. The fraction of sp³-hybridized carbons (Fsp3) is 0.759. The minimum Gasteiger partial charge on any atom is -0.444 e. The Morgan fingerprint density at radius 3 is 2.06 bits per heavy atom. The molecule has 1 saturated heterocycles. The first kappa shape index (κ1) is 27.6. The number of hydrogen-bond acceptors (Lipinski definition) is 3. The lowest BCUT2D eigenvalue weighted by molar-refractivity contribution is -0.0530. The number of hydrogen-bond donors (Lipinski definition) is 1. The molecule has 0 spiro atoms. The second-order valence-corrected chi connectivity index (χ2v) is 20.0. The van der Waals surface area contributed by atoms with Gasteiger partial charge in [-0.25, -0.2) is 4.79 Å². The summed E-state index contributed by atoms with van der Waals surface area (Å²) < 4.78 is 5.86. The molecular weight excluding hydrogens is 454 g/mol. The van der Waals surface area contributed by atoms with E-state index in [9.17, 15) is 4.79 Å². The topological polar surface area (TPSA) is 29.5 Å². The maximum absolute atomic E-state index is 13.3. The third-order valence-electron chi connectivity index (χ3n) is 9.61. The number of ether oxygens (including phenoxy) is 1. The van der Waals surface area contributed by atoms with Crippen LogP contribution in [0.25, 0.3) is 0 Å². The van der Waals surface area contributed by atoms with Crippen LogP contribution in [-0.2, 0) is 10.2 Å². The van der Waals surface area contributed by atoms with Crippen molar-refractivity contribution in [3.63, 3.8) is 0 Å². The second-order valence-electron chi connectivity index (χ2n) is 13.6. The molecule has 34 heavy (non-hydrogen) atoms. The van der Waals surface area contributed by atoms with Crippen molar-refractivity contribution in [2.24, 2.45) is 5.41 Å². The molecular formula is C29H49NO2SSi. The molecule has 1 aliphatic carbocycles. The number of likely N-dealkylation sites (tertiary alicyclic amines) is 1. The Bertz CT molecular complexity index is 911. The molecule has 0 radical (unpaired) electrons. The van der Waals surface area contributed by atoms with Crippen LogP contribution in [0.1, 0.15) is 106 Å². The second kappa shape index (κ2) is 8.87. The first-order chi connectivity index (χ1) is 15.4. The highest BCUT2D eigenvalue weighted by Crippen LogP contribution is 2.60. The van der Waals surface area contributed by atoms with Gasteiger partial charge >= 0.3 is 6.09 Å². The third-order valence-corrected chi connectivity index (χ3v) is 17.2. The maximum atomic E-state index is 13.3. The monoisotopic (exact) mass is 503 g/mol. The highest BCUT2D eigenvalue weighted by atomic mass is 32.1. The van der Waals surface area contributed by atoms with Crippen molar-refractivity contribution in [2.75, 3.05) is 6.54 Å². The largest absolute Gasteiger partial charge is 0.444 e. The Hall–Kier alpha value is -0.943. The lowest BCUT2D eigenvalue weighted by atomic mass is 9.51. The SMILES string of the molecule is CC(C)[Si](c1ccc2c(c1)C(S)[C@@H]1N(C(=O)OC(C)(C)C)CC[C@]2(C)C1(C)C)(C(C)C)C(C)C. The minimum absolute atomic E-state index is 0.0129. The van der Waals surface area contributed by atoms with E-state index < -0.39 is 13.7 Å². The van der Waals surface area contributed by atoms with E-state index in [0.717, 1.165) is 6.42 Å². The van der Waals surface area contributed by atoms with E-state index in [1.807, 2.05) is 25.7 Å². The summed E-state index contributed by atoms with van der Waals surface area (Å²) in [6, 6.07) is 7.40. The fourth-order valence-electron chi connectivity index (χ4n) is 7.84. The number of carbonyl (C=O) groups is 1. The normalized spacial score (nSPS) is 26.8. The predicted molar refractivity (Wildman–Crippen MR) is 151 cm³/mol.